The van der Waals surface area contributed by atoms with Gasteiger partial charge in [0.1, 0.15) is 0 Å². The van der Waals surface area contributed by atoms with E-state index >= 15 is 0 Å². The van der Waals surface area contributed by atoms with Crippen LogP contribution >= 0.6 is 0 Å². The maximum Gasteiger partial charge on any atom is 0.164 e. The van der Waals surface area contributed by atoms with Crippen LogP contribution in [0.3, 0.4) is 0 Å². The van der Waals surface area contributed by atoms with Crippen molar-refractivity contribution in [2.75, 3.05) is 0 Å². The maximum atomic E-state index is 5.01. The van der Waals surface area contributed by atoms with Gasteiger partial charge in [-0.05, 0) is 94.7 Å². The lowest BCUT2D eigenvalue weighted by atomic mass is 9.87. The fraction of sp³-hybridized carbons (Fsp3) is 0. The number of nitrogens with zero attached hydrogens (tertiary/aromatic N) is 3. The van der Waals surface area contributed by atoms with Crippen LogP contribution in [0.4, 0.5) is 0 Å². The summed E-state index contributed by atoms with van der Waals surface area (Å²) in [4.78, 5) is 14.9. The topological polar surface area (TPSA) is 38.7 Å². The molecule has 0 bridgehead atoms. The lowest BCUT2D eigenvalue weighted by molar-refractivity contribution is 1.07. The first-order valence-corrected chi connectivity index (χ1v) is 19.7. The molecule has 0 aliphatic rings. The Morgan fingerprint density at radius 3 is 1.38 bits per heavy atom. The molecule has 1 heterocycles. The second-order valence-electron chi connectivity index (χ2n) is 14.8. The van der Waals surface area contributed by atoms with Crippen molar-refractivity contribution in [3.05, 3.63) is 212 Å². The highest BCUT2D eigenvalue weighted by Crippen LogP contribution is 2.43. The molecule has 0 aliphatic heterocycles. The van der Waals surface area contributed by atoms with Crippen LogP contribution in [0.25, 0.3) is 111 Å². The van der Waals surface area contributed by atoms with Crippen molar-refractivity contribution in [3.63, 3.8) is 0 Å². The second kappa shape index (κ2) is 14.1. The molecule has 0 radical (unpaired) electrons. The van der Waals surface area contributed by atoms with Crippen LogP contribution in [-0.2, 0) is 0 Å². The highest BCUT2D eigenvalue weighted by molar-refractivity contribution is 6.29. The van der Waals surface area contributed by atoms with E-state index in [4.69, 9.17) is 15.0 Å². The lowest BCUT2D eigenvalue weighted by Crippen LogP contribution is -2.00. The minimum atomic E-state index is 0.640. The van der Waals surface area contributed by atoms with Gasteiger partial charge < -0.3 is 0 Å². The summed E-state index contributed by atoms with van der Waals surface area (Å²) in [6.07, 6.45) is 0. The maximum absolute atomic E-state index is 5.01. The van der Waals surface area contributed by atoms with Crippen molar-refractivity contribution in [2.45, 2.75) is 0 Å². The molecule has 0 atom stereocenters. The van der Waals surface area contributed by atoms with Crippen LogP contribution in [0.5, 0.6) is 0 Å². The van der Waals surface area contributed by atoms with Gasteiger partial charge in [-0.2, -0.15) is 0 Å². The van der Waals surface area contributed by atoms with Crippen LogP contribution in [0, 0.1) is 0 Å². The van der Waals surface area contributed by atoms with Gasteiger partial charge in [-0.25, -0.2) is 15.0 Å². The molecule has 10 aromatic carbocycles. The number of fused-ring (bicyclic) bond motifs is 7. The fourth-order valence-corrected chi connectivity index (χ4v) is 8.53. The standard InChI is InChI=1S/C55H35N3/c1-3-16-37(17-4-1)53-56-54(38-18-5-2-6-19-38)58-55(57-53)43-24-12-22-40(34-43)39-21-11-23-41(33-39)46-29-14-30-50-51-35-42(45-28-13-20-36-15-7-8-25-44(36)45)31-32-48(51)47-26-9-10-27-49(47)52(46)50/h1-35H. The Morgan fingerprint density at radius 1 is 0.224 bits per heavy atom. The largest absolute Gasteiger partial charge is 0.208 e. The Labute approximate surface area is 336 Å². The molecule has 0 saturated carbocycles. The molecule has 270 valence electrons. The van der Waals surface area contributed by atoms with E-state index in [-0.39, 0.29) is 0 Å². The lowest BCUT2D eigenvalue weighted by Gasteiger charge is -2.16. The van der Waals surface area contributed by atoms with Crippen molar-refractivity contribution in [3.8, 4) is 67.5 Å². The predicted octanol–water partition coefficient (Wildman–Crippen LogP) is 14.5. The van der Waals surface area contributed by atoms with E-state index in [1.54, 1.807) is 0 Å². The van der Waals surface area contributed by atoms with E-state index in [9.17, 15) is 0 Å². The van der Waals surface area contributed by atoms with Gasteiger partial charge in [0.15, 0.2) is 17.5 Å². The van der Waals surface area contributed by atoms with Crippen LogP contribution in [0.2, 0.25) is 0 Å². The Kier molecular flexibility index (Phi) is 8.15. The summed E-state index contributed by atoms with van der Waals surface area (Å²) in [6.45, 7) is 0. The smallest absolute Gasteiger partial charge is 0.164 e. The van der Waals surface area contributed by atoms with Crippen molar-refractivity contribution >= 4 is 43.1 Å². The van der Waals surface area contributed by atoms with Gasteiger partial charge in [0.05, 0.1) is 0 Å². The summed E-state index contributed by atoms with van der Waals surface area (Å²) >= 11 is 0. The van der Waals surface area contributed by atoms with Crippen molar-refractivity contribution in [1.82, 2.24) is 15.0 Å². The van der Waals surface area contributed by atoms with Crippen molar-refractivity contribution in [1.29, 1.82) is 0 Å². The average Bonchev–Trinajstić information content (AvgIpc) is 3.31. The van der Waals surface area contributed by atoms with Crippen molar-refractivity contribution in [2.24, 2.45) is 0 Å². The first-order chi connectivity index (χ1) is 28.7. The summed E-state index contributed by atoms with van der Waals surface area (Å²) in [6, 6.07) is 75.5. The summed E-state index contributed by atoms with van der Waals surface area (Å²) in [7, 11) is 0. The molecule has 0 fully saturated rings. The number of rotatable bonds is 6. The third-order valence-corrected chi connectivity index (χ3v) is 11.3. The predicted molar refractivity (Wildman–Crippen MR) is 242 cm³/mol. The molecule has 0 aliphatic carbocycles. The number of hydrogen-bond donors (Lipinski definition) is 0. The van der Waals surface area contributed by atoms with E-state index < -0.39 is 0 Å². The fourth-order valence-electron chi connectivity index (χ4n) is 8.53. The zero-order chi connectivity index (χ0) is 38.4. The van der Waals surface area contributed by atoms with Gasteiger partial charge in [0.2, 0.25) is 0 Å². The summed E-state index contributed by atoms with van der Waals surface area (Å²) in [5.74, 6) is 1.94. The Hall–Kier alpha value is -7.75. The number of benzene rings is 10. The highest BCUT2D eigenvalue weighted by Gasteiger charge is 2.16. The molecule has 0 unspecified atom stereocenters. The number of aromatic nitrogens is 3. The summed E-state index contributed by atoms with van der Waals surface area (Å²) < 4.78 is 0. The second-order valence-corrected chi connectivity index (χ2v) is 14.8. The van der Waals surface area contributed by atoms with E-state index in [0.717, 1.165) is 27.8 Å². The average molecular weight is 738 g/mol. The van der Waals surface area contributed by atoms with Crippen LogP contribution in [0.15, 0.2) is 212 Å². The molecule has 1 aromatic heterocycles. The monoisotopic (exact) mass is 737 g/mol. The first kappa shape index (κ1) is 33.6. The molecule has 0 N–H and O–H groups in total. The third-order valence-electron chi connectivity index (χ3n) is 11.3. The Bertz CT molecular complexity index is 3270. The quantitative estimate of drug-likeness (QED) is 0.160. The van der Waals surface area contributed by atoms with Gasteiger partial charge in [-0.1, -0.05) is 194 Å². The van der Waals surface area contributed by atoms with Gasteiger partial charge in [0, 0.05) is 16.7 Å². The molecule has 0 saturated heterocycles. The molecular weight excluding hydrogens is 703 g/mol. The minimum absolute atomic E-state index is 0.640. The summed E-state index contributed by atoms with van der Waals surface area (Å²) in [5, 5.41) is 10.1. The zero-order valence-electron chi connectivity index (χ0n) is 31.5. The number of hydrogen-bond acceptors (Lipinski definition) is 3. The van der Waals surface area contributed by atoms with Gasteiger partial charge in [-0.3, -0.25) is 0 Å². The molecule has 11 aromatic rings. The zero-order valence-corrected chi connectivity index (χ0v) is 31.5. The molecular formula is C55H35N3. The van der Waals surface area contributed by atoms with Crippen LogP contribution < -0.4 is 0 Å². The molecule has 58 heavy (non-hydrogen) atoms. The van der Waals surface area contributed by atoms with Gasteiger partial charge in [0.25, 0.3) is 0 Å². The normalized spacial score (nSPS) is 11.4. The molecule has 3 heteroatoms. The van der Waals surface area contributed by atoms with Gasteiger partial charge in [-0.15, -0.1) is 0 Å². The van der Waals surface area contributed by atoms with E-state index in [0.29, 0.717) is 17.5 Å². The summed E-state index contributed by atoms with van der Waals surface area (Å²) in [5.41, 5.74) is 9.90. The molecule has 0 amide bonds. The van der Waals surface area contributed by atoms with E-state index in [2.05, 4.69) is 152 Å². The highest BCUT2D eigenvalue weighted by atomic mass is 15.0. The molecule has 3 nitrogen and oxygen atoms in total. The van der Waals surface area contributed by atoms with Crippen LogP contribution in [-0.4, -0.2) is 15.0 Å². The Balaban J connectivity index is 1.05. The Morgan fingerprint density at radius 2 is 0.655 bits per heavy atom. The molecule has 11 rings (SSSR count). The third kappa shape index (κ3) is 5.89. The minimum Gasteiger partial charge on any atom is -0.208 e. The SMILES string of the molecule is c1ccc(-c2nc(-c3ccccc3)nc(-c3cccc(-c4cccc(-c5cccc6c7cc(-c8cccc9ccccc89)ccc7c7ccccc7c56)c4)c3)n2)cc1. The first-order valence-electron chi connectivity index (χ1n) is 19.7. The van der Waals surface area contributed by atoms with E-state index in [1.807, 2.05) is 60.7 Å². The van der Waals surface area contributed by atoms with Crippen LogP contribution in [0.1, 0.15) is 0 Å². The molecule has 0 spiro atoms. The van der Waals surface area contributed by atoms with Crippen molar-refractivity contribution < 1.29 is 0 Å². The van der Waals surface area contributed by atoms with E-state index in [1.165, 1.54) is 65.3 Å². The van der Waals surface area contributed by atoms with Gasteiger partial charge >= 0.3 is 0 Å².